The summed E-state index contributed by atoms with van der Waals surface area (Å²) in [4.78, 5) is 27.8. The Kier molecular flexibility index (Phi) is 6.98. The minimum atomic E-state index is -0.954. The van der Waals surface area contributed by atoms with Crippen LogP contribution in [0, 0.1) is 0 Å². The Bertz CT molecular complexity index is 861. The van der Waals surface area contributed by atoms with Crippen molar-refractivity contribution in [1.29, 1.82) is 0 Å². The van der Waals surface area contributed by atoms with E-state index in [9.17, 15) is 9.59 Å². The van der Waals surface area contributed by atoms with Crippen LogP contribution in [0.4, 0.5) is 10.5 Å². The summed E-state index contributed by atoms with van der Waals surface area (Å²) >= 11 is 0. The van der Waals surface area contributed by atoms with Crippen LogP contribution in [0.1, 0.15) is 48.5 Å². The van der Waals surface area contributed by atoms with E-state index in [1.54, 1.807) is 39.7 Å². The molecule has 2 aliphatic rings. The molecule has 0 spiro atoms. The van der Waals surface area contributed by atoms with Crippen molar-refractivity contribution in [1.82, 2.24) is 4.90 Å². The van der Waals surface area contributed by atoms with Crippen LogP contribution in [0.5, 0.6) is 5.75 Å². The van der Waals surface area contributed by atoms with Crippen molar-refractivity contribution >= 4 is 17.6 Å². The molecule has 0 aliphatic carbocycles. The highest BCUT2D eigenvalue weighted by molar-refractivity contribution is 5.86. The quantitative estimate of drug-likeness (QED) is 0.707. The first-order chi connectivity index (χ1) is 15.2. The maximum absolute atomic E-state index is 13.2. The van der Waals surface area contributed by atoms with Crippen LogP contribution in [0.25, 0.3) is 0 Å². The fraction of sp³-hybridized carbons (Fsp3) is 0.667. The SMILES string of the molecule is COc1ccc(N[C@H]([C@H]2OC(C)(C)OCC2=O)[C@@H]2COC(C)(C)N2C(=O)OC(C)(C)C)cc1. The van der Waals surface area contributed by atoms with Crippen LogP contribution in [-0.4, -0.2) is 72.4 Å². The summed E-state index contributed by atoms with van der Waals surface area (Å²) in [5.41, 5.74) is -0.877. The van der Waals surface area contributed by atoms with E-state index in [0.29, 0.717) is 5.75 Å². The highest BCUT2D eigenvalue weighted by atomic mass is 16.7. The molecule has 0 radical (unpaired) electrons. The van der Waals surface area contributed by atoms with Crippen molar-refractivity contribution in [3.63, 3.8) is 0 Å². The number of methoxy groups -OCH3 is 1. The lowest BCUT2D eigenvalue weighted by atomic mass is 9.96. The molecule has 0 aromatic heterocycles. The summed E-state index contributed by atoms with van der Waals surface area (Å²) in [5.74, 6) is -0.462. The van der Waals surface area contributed by atoms with Gasteiger partial charge in [-0.3, -0.25) is 9.69 Å². The van der Waals surface area contributed by atoms with Crippen LogP contribution >= 0.6 is 0 Å². The third kappa shape index (κ3) is 5.96. The second-order valence-electron chi connectivity index (χ2n) is 10.3. The molecule has 0 unspecified atom stereocenters. The first-order valence-electron chi connectivity index (χ1n) is 11.1. The van der Waals surface area contributed by atoms with Gasteiger partial charge in [-0.25, -0.2) is 4.79 Å². The van der Waals surface area contributed by atoms with E-state index < -0.39 is 41.4 Å². The second-order valence-corrected chi connectivity index (χ2v) is 10.3. The van der Waals surface area contributed by atoms with Gasteiger partial charge >= 0.3 is 6.09 Å². The Balaban J connectivity index is 1.99. The van der Waals surface area contributed by atoms with Gasteiger partial charge in [-0.15, -0.1) is 0 Å². The number of nitrogens with one attached hydrogen (secondary N) is 1. The van der Waals surface area contributed by atoms with Crippen molar-refractivity contribution in [2.24, 2.45) is 0 Å². The van der Waals surface area contributed by atoms with Crippen LogP contribution in [0.2, 0.25) is 0 Å². The molecular formula is C24H36N2O7. The first-order valence-corrected chi connectivity index (χ1v) is 11.1. The fourth-order valence-corrected chi connectivity index (χ4v) is 4.02. The van der Waals surface area contributed by atoms with Crippen LogP contribution in [-0.2, 0) is 23.7 Å². The van der Waals surface area contributed by atoms with E-state index in [0.717, 1.165) is 5.69 Å². The Hall–Kier alpha value is -2.36. The predicted octanol–water partition coefficient (Wildman–Crippen LogP) is 3.57. The number of hydrogen-bond donors (Lipinski definition) is 1. The Morgan fingerprint density at radius 3 is 2.36 bits per heavy atom. The number of carbonyl (C=O) groups excluding carboxylic acids is 2. The third-order valence-corrected chi connectivity index (χ3v) is 5.56. The van der Waals surface area contributed by atoms with E-state index in [1.807, 2.05) is 45.0 Å². The lowest BCUT2D eigenvalue weighted by Crippen LogP contribution is -2.62. The number of ether oxygens (including phenoxy) is 5. The minimum absolute atomic E-state index is 0.0815. The molecule has 0 bridgehead atoms. The number of ketones is 1. The van der Waals surface area contributed by atoms with Crippen LogP contribution in [0.3, 0.4) is 0 Å². The summed E-state index contributed by atoms with van der Waals surface area (Å²) in [6.45, 7) is 12.7. The molecule has 0 saturated carbocycles. The molecule has 9 nitrogen and oxygen atoms in total. The molecular weight excluding hydrogens is 428 g/mol. The largest absolute Gasteiger partial charge is 0.497 e. The summed E-state index contributed by atoms with van der Waals surface area (Å²) in [6, 6.07) is 6.16. The molecule has 3 rings (SSSR count). The number of hydrogen-bond acceptors (Lipinski definition) is 8. The van der Waals surface area contributed by atoms with Crippen molar-refractivity contribution in [2.75, 3.05) is 25.6 Å². The molecule has 1 N–H and O–H groups in total. The molecule has 2 heterocycles. The Morgan fingerprint density at radius 2 is 1.79 bits per heavy atom. The first kappa shape index (κ1) is 25.3. The average Bonchev–Trinajstić information content (AvgIpc) is 3.02. The molecule has 1 amide bonds. The van der Waals surface area contributed by atoms with Crippen molar-refractivity contribution in [3.05, 3.63) is 24.3 Å². The van der Waals surface area contributed by atoms with Gasteiger partial charge in [0.25, 0.3) is 0 Å². The van der Waals surface area contributed by atoms with E-state index in [4.69, 9.17) is 23.7 Å². The maximum atomic E-state index is 13.2. The summed E-state index contributed by atoms with van der Waals surface area (Å²) in [6.07, 6.45) is -1.39. The summed E-state index contributed by atoms with van der Waals surface area (Å²) in [5, 5.41) is 3.41. The van der Waals surface area contributed by atoms with Gasteiger partial charge in [-0.1, -0.05) is 0 Å². The highest BCUT2D eigenvalue weighted by Gasteiger charge is 2.53. The topological polar surface area (TPSA) is 95.6 Å². The number of amides is 1. The van der Waals surface area contributed by atoms with Gasteiger partial charge in [0.15, 0.2) is 11.6 Å². The van der Waals surface area contributed by atoms with Gasteiger partial charge in [0.1, 0.15) is 29.8 Å². The fourth-order valence-electron chi connectivity index (χ4n) is 4.02. The number of anilines is 1. The Labute approximate surface area is 195 Å². The van der Waals surface area contributed by atoms with Gasteiger partial charge in [0.05, 0.1) is 25.8 Å². The number of carbonyl (C=O) groups is 2. The van der Waals surface area contributed by atoms with Gasteiger partial charge in [0.2, 0.25) is 0 Å². The summed E-state index contributed by atoms with van der Waals surface area (Å²) < 4.78 is 28.5. The van der Waals surface area contributed by atoms with Crippen molar-refractivity contribution < 1.29 is 33.3 Å². The van der Waals surface area contributed by atoms with Crippen molar-refractivity contribution in [2.45, 2.75) is 83.8 Å². The van der Waals surface area contributed by atoms with Gasteiger partial charge < -0.3 is 29.0 Å². The lowest BCUT2D eigenvalue weighted by Gasteiger charge is -2.43. The number of rotatable bonds is 5. The van der Waals surface area contributed by atoms with Gasteiger partial charge in [0, 0.05) is 5.69 Å². The molecule has 9 heteroatoms. The van der Waals surface area contributed by atoms with E-state index >= 15 is 0 Å². The number of benzene rings is 1. The molecule has 2 fully saturated rings. The zero-order valence-corrected chi connectivity index (χ0v) is 20.8. The van der Waals surface area contributed by atoms with E-state index in [2.05, 4.69) is 5.32 Å². The van der Waals surface area contributed by atoms with E-state index in [-0.39, 0.29) is 19.0 Å². The minimum Gasteiger partial charge on any atom is -0.497 e. The molecule has 1 aromatic carbocycles. The number of nitrogens with zero attached hydrogens (tertiary/aromatic N) is 1. The predicted molar refractivity (Wildman–Crippen MR) is 122 cm³/mol. The molecule has 2 saturated heterocycles. The molecule has 33 heavy (non-hydrogen) atoms. The number of Topliss-reactive ketones (excluding diaryl/α,β-unsaturated/α-hetero) is 1. The van der Waals surface area contributed by atoms with Crippen LogP contribution < -0.4 is 10.1 Å². The standard InChI is InChI=1S/C24H36N2O7/c1-22(2,3)33-21(28)26-17(13-30-23(26,4)5)19(20-18(27)14-31-24(6,7)32-20)25-15-9-11-16(29-8)12-10-15/h9-12,17,19-20,25H,13-14H2,1-8H3/t17-,19-,20-/m0/s1. The van der Waals surface area contributed by atoms with Crippen molar-refractivity contribution in [3.8, 4) is 5.75 Å². The van der Waals surface area contributed by atoms with Crippen LogP contribution in [0.15, 0.2) is 24.3 Å². The summed E-state index contributed by atoms with van der Waals surface area (Å²) in [7, 11) is 1.60. The smallest absolute Gasteiger partial charge is 0.412 e. The van der Waals surface area contributed by atoms with E-state index in [1.165, 1.54) is 0 Å². The second kappa shape index (κ2) is 9.12. The molecule has 184 valence electrons. The average molecular weight is 465 g/mol. The normalized spacial score (nSPS) is 25.5. The molecule has 3 atom stereocenters. The van der Waals surface area contributed by atoms with Gasteiger partial charge in [-0.05, 0) is 72.7 Å². The maximum Gasteiger partial charge on any atom is 0.412 e. The zero-order valence-electron chi connectivity index (χ0n) is 20.8. The monoisotopic (exact) mass is 464 g/mol. The zero-order chi connectivity index (χ0) is 24.6. The Morgan fingerprint density at radius 1 is 1.15 bits per heavy atom. The van der Waals surface area contributed by atoms with Gasteiger partial charge in [-0.2, -0.15) is 0 Å². The highest BCUT2D eigenvalue weighted by Crippen LogP contribution is 2.35. The molecule has 2 aliphatic heterocycles. The third-order valence-electron chi connectivity index (χ3n) is 5.56. The lowest BCUT2D eigenvalue weighted by molar-refractivity contribution is -0.261. The molecule has 1 aromatic rings.